The van der Waals surface area contributed by atoms with Crippen molar-refractivity contribution >= 4 is 11.6 Å². The fourth-order valence-corrected chi connectivity index (χ4v) is 2.76. The lowest BCUT2D eigenvalue weighted by atomic mass is 9.90. The number of rotatable bonds is 2. The van der Waals surface area contributed by atoms with Crippen LogP contribution in [0.1, 0.15) is 34.3 Å². The van der Waals surface area contributed by atoms with Gasteiger partial charge in [0.25, 0.3) is 5.91 Å². The van der Waals surface area contributed by atoms with Crippen LogP contribution in [0, 0.1) is 0 Å². The Morgan fingerprint density at radius 2 is 1.81 bits per heavy atom. The second-order valence-corrected chi connectivity index (χ2v) is 5.31. The van der Waals surface area contributed by atoms with Gasteiger partial charge in [-0.25, -0.2) is 0 Å². The molecule has 0 aliphatic heterocycles. The molecule has 1 aliphatic rings. The number of phenolic OH excluding ortho intramolecular Hbond substituents is 2. The van der Waals surface area contributed by atoms with Crippen molar-refractivity contribution in [3.05, 3.63) is 53.1 Å². The van der Waals surface area contributed by atoms with Gasteiger partial charge < -0.3 is 15.5 Å². The summed E-state index contributed by atoms with van der Waals surface area (Å²) in [5.74, 6) is -0.814. The van der Waals surface area contributed by atoms with E-state index >= 15 is 0 Å². The molecule has 3 N–H and O–H groups in total. The van der Waals surface area contributed by atoms with Crippen molar-refractivity contribution in [1.82, 2.24) is 0 Å². The number of benzene rings is 2. The molecule has 0 aromatic heterocycles. The zero-order chi connectivity index (χ0) is 14.8. The largest absolute Gasteiger partial charge is 0.504 e. The van der Waals surface area contributed by atoms with Crippen LogP contribution in [0.25, 0.3) is 0 Å². The summed E-state index contributed by atoms with van der Waals surface area (Å²) in [5, 5.41) is 21.7. The van der Waals surface area contributed by atoms with E-state index in [-0.39, 0.29) is 17.4 Å². The first-order valence-electron chi connectivity index (χ1n) is 7.09. The number of anilines is 1. The van der Waals surface area contributed by atoms with Crippen LogP contribution < -0.4 is 5.32 Å². The normalized spacial score (nSPS) is 13.5. The van der Waals surface area contributed by atoms with E-state index in [1.54, 1.807) is 0 Å². The number of hydrogen-bond donors (Lipinski definition) is 3. The Hall–Kier alpha value is -2.49. The number of fused-ring (bicyclic) bond motifs is 1. The maximum absolute atomic E-state index is 12.3. The van der Waals surface area contributed by atoms with Crippen LogP contribution in [0.2, 0.25) is 0 Å². The zero-order valence-corrected chi connectivity index (χ0v) is 11.6. The second kappa shape index (κ2) is 5.48. The third-order valence-corrected chi connectivity index (χ3v) is 3.88. The predicted molar refractivity (Wildman–Crippen MR) is 80.8 cm³/mol. The summed E-state index contributed by atoms with van der Waals surface area (Å²) in [7, 11) is 0. The van der Waals surface area contributed by atoms with Crippen molar-refractivity contribution in [2.45, 2.75) is 25.7 Å². The van der Waals surface area contributed by atoms with Crippen molar-refractivity contribution in [2.24, 2.45) is 0 Å². The molecule has 0 unspecified atom stereocenters. The number of amides is 1. The Morgan fingerprint density at radius 3 is 2.62 bits per heavy atom. The van der Waals surface area contributed by atoms with Crippen molar-refractivity contribution < 1.29 is 15.0 Å². The highest BCUT2D eigenvalue weighted by atomic mass is 16.3. The van der Waals surface area contributed by atoms with Gasteiger partial charge in [0, 0.05) is 11.3 Å². The summed E-state index contributed by atoms with van der Waals surface area (Å²) in [6.07, 6.45) is 4.36. The fraction of sp³-hybridized carbons (Fsp3) is 0.235. The van der Waals surface area contributed by atoms with Gasteiger partial charge in [-0.1, -0.05) is 12.1 Å². The minimum atomic E-state index is -0.294. The van der Waals surface area contributed by atoms with Gasteiger partial charge in [0.05, 0.1) is 0 Å². The minimum absolute atomic E-state index is 0.233. The number of phenols is 2. The average Bonchev–Trinajstić information content (AvgIpc) is 2.50. The summed E-state index contributed by atoms with van der Waals surface area (Å²) >= 11 is 0. The van der Waals surface area contributed by atoms with Crippen molar-refractivity contribution in [2.75, 3.05) is 5.32 Å². The first-order valence-corrected chi connectivity index (χ1v) is 7.09. The van der Waals surface area contributed by atoms with E-state index in [2.05, 4.69) is 11.4 Å². The van der Waals surface area contributed by atoms with Gasteiger partial charge in [-0.2, -0.15) is 0 Å². The predicted octanol–water partition coefficient (Wildman–Crippen LogP) is 3.23. The van der Waals surface area contributed by atoms with Crippen LogP contribution in [-0.4, -0.2) is 16.1 Å². The molecule has 0 saturated heterocycles. The molecule has 0 heterocycles. The Labute approximate surface area is 123 Å². The Morgan fingerprint density at radius 1 is 1.00 bits per heavy atom. The highest BCUT2D eigenvalue weighted by Crippen LogP contribution is 2.29. The first-order chi connectivity index (χ1) is 10.1. The minimum Gasteiger partial charge on any atom is -0.504 e. The topological polar surface area (TPSA) is 69.6 Å². The molecule has 1 amide bonds. The van der Waals surface area contributed by atoms with E-state index in [1.165, 1.54) is 35.7 Å². The van der Waals surface area contributed by atoms with E-state index in [4.69, 9.17) is 0 Å². The highest BCUT2D eigenvalue weighted by molar-refractivity contribution is 6.05. The summed E-state index contributed by atoms with van der Waals surface area (Å²) in [6.45, 7) is 0. The Balaban J connectivity index is 1.86. The van der Waals surface area contributed by atoms with Gasteiger partial charge in [0.15, 0.2) is 11.5 Å². The molecule has 2 aromatic rings. The molecular weight excluding hydrogens is 266 g/mol. The lowest BCUT2D eigenvalue weighted by Gasteiger charge is -2.19. The van der Waals surface area contributed by atoms with Gasteiger partial charge in [-0.3, -0.25) is 4.79 Å². The van der Waals surface area contributed by atoms with Crippen LogP contribution in [0.15, 0.2) is 36.4 Å². The van der Waals surface area contributed by atoms with Gasteiger partial charge in [-0.15, -0.1) is 0 Å². The standard InChI is InChI=1S/C17H17NO3/c19-15-9-8-12(10-16(15)20)17(21)18-14-7-3-5-11-4-1-2-6-13(11)14/h3,5,7-10,19-20H,1-2,4,6H2,(H,18,21). The zero-order valence-electron chi connectivity index (χ0n) is 11.6. The molecule has 0 atom stereocenters. The number of carbonyl (C=O) groups excluding carboxylic acids is 1. The highest BCUT2D eigenvalue weighted by Gasteiger charge is 2.15. The number of nitrogens with one attached hydrogen (secondary N) is 1. The average molecular weight is 283 g/mol. The third kappa shape index (κ3) is 2.70. The molecule has 0 radical (unpaired) electrons. The van der Waals surface area contributed by atoms with E-state index < -0.39 is 0 Å². The van der Waals surface area contributed by atoms with Crippen LogP contribution in [-0.2, 0) is 12.8 Å². The molecule has 4 nitrogen and oxygen atoms in total. The number of aryl methyl sites for hydroxylation is 1. The Kier molecular flexibility index (Phi) is 3.52. The van der Waals surface area contributed by atoms with E-state index in [0.29, 0.717) is 5.56 Å². The van der Waals surface area contributed by atoms with Crippen LogP contribution in [0.5, 0.6) is 11.5 Å². The van der Waals surface area contributed by atoms with Crippen LogP contribution in [0.4, 0.5) is 5.69 Å². The van der Waals surface area contributed by atoms with E-state index in [1.807, 2.05) is 12.1 Å². The molecule has 3 rings (SSSR count). The molecule has 108 valence electrons. The molecule has 0 spiro atoms. The summed E-state index contributed by atoms with van der Waals surface area (Å²) in [4.78, 5) is 12.3. The van der Waals surface area contributed by atoms with E-state index in [0.717, 1.165) is 24.9 Å². The maximum atomic E-state index is 12.3. The molecule has 0 fully saturated rings. The van der Waals surface area contributed by atoms with E-state index in [9.17, 15) is 15.0 Å². The molecule has 1 aliphatic carbocycles. The van der Waals surface area contributed by atoms with Gasteiger partial charge >= 0.3 is 0 Å². The summed E-state index contributed by atoms with van der Waals surface area (Å²) < 4.78 is 0. The SMILES string of the molecule is O=C(Nc1cccc2c1CCCC2)c1ccc(O)c(O)c1. The number of hydrogen-bond acceptors (Lipinski definition) is 3. The molecule has 21 heavy (non-hydrogen) atoms. The molecular formula is C17H17NO3. The second-order valence-electron chi connectivity index (χ2n) is 5.31. The molecule has 0 bridgehead atoms. The summed E-state index contributed by atoms with van der Waals surface area (Å²) in [6, 6.07) is 10.0. The fourth-order valence-electron chi connectivity index (χ4n) is 2.76. The third-order valence-electron chi connectivity index (χ3n) is 3.88. The van der Waals surface area contributed by atoms with Crippen molar-refractivity contribution in [3.63, 3.8) is 0 Å². The van der Waals surface area contributed by atoms with Gasteiger partial charge in [0.1, 0.15) is 0 Å². The Bertz CT molecular complexity index is 694. The lowest BCUT2D eigenvalue weighted by Crippen LogP contribution is -2.15. The smallest absolute Gasteiger partial charge is 0.255 e. The van der Waals surface area contributed by atoms with Crippen LogP contribution in [0.3, 0.4) is 0 Å². The molecule has 4 heteroatoms. The van der Waals surface area contributed by atoms with Crippen LogP contribution >= 0.6 is 0 Å². The number of carbonyl (C=O) groups is 1. The lowest BCUT2D eigenvalue weighted by molar-refractivity contribution is 0.102. The van der Waals surface area contributed by atoms with Gasteiger partial charge in [0.2, 0.25) is 0 Å². The maximum Gasteiger partial charge on any atom is 0.255 e. The number of aromatic hydroxyl groups is 2. The van der Waals surface area contributed by atoms with Crippen molar-refractivity contribution in [1.29, 1.82) is 0 Å². The molecule has 2 aromatic carbocycles. The quantitative estimate of drug-likeness (QED) is 0.741. The molecule has 0 saturated carbocycles. The monoisotopic (exact) mass is 283 g/mol. The van der Waals surface area contributed by atoms with Crippen molar-refractivity contribution in [3.8, 4) is 11.5 Å². The first kappa shape index (κ1) is 13.5. The van der Waals surface area contributed by atoms with Gasteiger partial charge in [-0.05, 0) is 61.1 Å². The summed E-state index contributed by atoms with van der Waals surface area (Å²) in [5.41, 5.74) is 3.66.